The van der Waals surface area contributed by atoms with Gasteiger partial charge in [-0.1, -0.05) is 6.07 Å². The Morgan fingerprint density at radius 3 is 2.57 bits per heavy atom. The van der Waals surface area contributed by atoms with Crippen LogP contribution >= 0.6 is 11.3 Å². The van der Waals surface area contributed by atoms with Gasteiger partial charge < -0.3 is 14.0 Å². The molecule has 1 N–H and O–H groups in total. The molecule has 0 spiro atoms. The molecule has 0 amide bonds. The van der Waals surface area contributed by atoms with E-state index < -0.39 is 21.7 Å². The molecule has 0 saturated heterocycles. The quantitative estimate of drug-likeness (QED) is 0.270. The lowest BCUT2D eigenvalue weighted by atomic mass is 10.0. The van der Waals surface area contributed by atoms with E-state index >= 15 is 0 Å². The van der Waals surface area contributed by atoms with Gasteiger partial charge in [0.25, 0.3) is 0 Å². The summed E-state index contributed by atoms with van der Waals surface area (Å²) >= 11 is 1.17. The molecule has 190 valence electrons. The Labute approximate surface area is 215 Å². The lowest BCUT2D eigenvalue weighted by Crippen LogP contribution is -2.15. The molecule has 0 aliphatic rings. The standard InChI is InChI=1S/C25H20F2N4O4S2/c1-31-13-19(17-7-8-28-24(34-2)23(17)31)18-11-15(14-37(32,33)30-25-29-9-10-36-25)3-5-21(18)35-22-6-4-16(26)12-20(22)27/h3-13H,14H2,1-2H3,(H,29,30). The van der Waals surface area contributed by atoms with Gasteiger partial charge in [0, 0.05) is 53.6 Å². The van der Waals surface area contributed by atoms with Crippen molar-refractivity contribution in [3.8, 4) is 28.5 Å². The number of aromatic nitrogens is 3. The number of fused-ring (bicyclic) bond motifs is 1. The first kappa shape index (κ1) is 24.7. The predicted octanol–water partition coefficient (Wildman–Crippen LogP) is 5.72. The summed E-state index contributed by atoms with van der Waals surface area (Å²) in [6.45, 7) is 0. The van der Waals surface area contributed by atoms with Crippen molar-refractivity contribution in [1.29, 1.82) is 0 Å². The lowest BCUT2D eigenvalue weighted by molar-refractivity contribution is 0.401. The maximum absolute atomic E-state index is 14.4. The number of thiazole rings is 1. The van der Waals surface area contributed by atoms with E-state index in [4.69, 9.17) is 9.47 Å². The largest absolute Gasteiger partial charge is 0.479 e. The highest BCUT2D eigenvalue weighted by molar-refractivity contribution is 7.92. The summed E-state index contributed by atoms with van der Waals surface area (Å²) < 4.78 is 69.0. The smallest absolute Gasteiger partial charge is 0.238 e. The second-order valence-electron chi connectivity index (χ2n) is 8.08. The van der Waals surface area contributed by atoms with Crippen LogP contribution in [0.2, 0.25) is 0 Å². The Kier molecular flexibility index (Phi) is 6.52. The fraction of sp³-hybridized carbons (Fsp3) is 0.120. The number of ether oxygens (including phenoxy) is 2. The Hall–Kier alpha value is -4.03. The average Bonchev–Trinajstić information content (AvgIpc) is 3.48. The first-order valence-corrected chi connectivity index (χ1v) is 13.4. The van der Waals surface area contributed by atoms with E-state index in [0.29, 0.717) is 28.1 Å². The third-order valence-corrected chi connectivity index (χ3v) is 7.56. The highest BCUT2D eigenvalue weighted by Gasteiger charge is 2.20. The first-order valence-electron chi connectivity index (χ1n) is 10.9. The molecule has 5 aromatic rings. The van der Waals surface area contributed by atoms with Gasteiger partial charge in [-0.25, -0.2) is 27.2 Å². The molecular formula is C25H20F2N4O4S2. The fourth-order valence-electron chi connectivity index (χ4n) is 3.99. The Morgan fingerprint density at radius 1 is 1.03 bits per heavy atom. The SMILES string of the molecule is COc1nccc2c(-c3cc(CS(=O)(=O)Nc4nccs4)ccc3Oc3ccc(F)cc3F)cn(C)c12. The summed E-state index contributed by atoms with van der Waals surface area (Å²) in [6, 6.07) is 9.62. The van der Waals surface area contributed by atoms with Crippen molar-refractivity contribution < 1.29 is 26.7 Å². The zero-order chi connectivity index (χ0) is 26.2. The first-order chi connectivity index (χ1) is 17.7. The molecular weight excluding hydrogens is 522 g/mol. The van der Waals surface area contributed by atoms with Gasteiger partial charge in [-0.05, 0) is 35.9 Å². The molecule has 37 heavy (non-hydrogen) atoms. The number of aryl methyl sites for hydroxylation is 1. The topological polar surface area (TPSA) is 95.3 Å². The number of anilines is 1. The van der Waals surface area contributed by atoms with Crippen LogP contribution in [0.15, 0.2) is 66.4 Å². The summed E-state index contributed by atoms with van der Waals surface area (Å²) in [5, 5.41) is 2.70. The van der Waals surface area contributed by atoms with Crippen molar-refractivity contribution in [2.75, 3.05) is 11.8 Å². The molecule has 3 heterocycles. The summed E-state index contributed by atoms with van der Waals surface area (Å²) in [6.07, 6.45) is 4.92. The van der Waals surface area contributed by atoms with Crippen molar-refractivity contribution in [3.63, 3.8) is 0 Å². The van der Waals surface area contributed by atoms with Crippen LogP contribution in [0, 0.1) is 11.6 Å². The van der Waals surface area contributed by atoms with Crippen LogP contribution in [0.1, 0.15) is 5.56 Å². The van der Waals surface area contributed by atoms with Crippen LogP contribution in [0.4, 0.5) is 13.9 Å². The van der Waals surface area contributed by atoms with Crippen LogP contribution in [-0.2, 0) is 22.8 Å². The summed E-state index contributed by atoms with van der Waals surface area (Å²) in [7, 11) is -0.430. The number of benzene rings is 2. The summed E-state index contributed by atoms with van der Waals surface area (Å²) in [4.78, 5) is 8.22. The molecule has 0 unspecified atom stereocenters. The van der Waals surface area contributed by atoms with Crippen LogP contribution in [0.3, 0.4) is 0 Å². The highest BCUT2D eigenvalue weighted by atomic mass is 32.2. The zero-order valence-corrected chi connectivity index (χ0v) is 21.2. The summed E-state index contributed by atoms with van der Waals surface area (Å²) in [5.74, 6) is -1.44. The molecule has 8 nitrogen and oxygen atoms in total. The molecule has 12 heteroatoms. The van der Waals surface area contributed by atoms with Gasteiger partial charge in [0.1, 0.15) is 17.1 Å². The molecule has 0 bridgehead atoms. The lowest BCUT2D eigenvalue weighted by Gasteiger charge is -2.14. The van der Waals surface area contributed by atoms with Crippen LogP contribution in [0.25, 0.3) is 22.0 Å². The van der Waals surface area contributed by atoms with Gasteiger partial charge in [0.15, 0.2) is 16.7 Å². The third-order valence-electron chi connectivity index (χ3n) is 5.53. The van der Waals surface area contributed by atoms with E-state index in [-0.39, 0.29) is 22.4 Å². The van der Waals surface area contributed by atoms with Crippen molar-refractivity contribution in [2.45, 2.75) is 5.75 Å². The van der Waals surface area contributed by atoms with E-state index in [2.05, 4.69) is 14.7 Å². The van der Waals surface area contributed by atoms with Gasteiger partial charge in [0.05, 0.1) is 12.9 Å². The summed E-state index contributed by atoms with van der Waals surface area (Å²) in [5.41, 5.74) is 2.36. The molecule has 0 fully saturated rings. The fourth-order valence-corrected chi connectivity index (χ4v) is 5.94. The average molecular weight is 543 g/mol. The normalized spacial score (nSPS) is 11.6. The highest BCUT2D eigenvalue weighted by Crippen LogP contribution is 2.41. The molecule has 5 rings (SSSR count). The van der Waals surface area contributed by atoms with E-state index in [1.807, 2.05) is 17.8 Å². The van der Waals surface area contributed by atoms with Crippen molar-refractivity contribution in [2.24, 2.45) is 7.05 Å². The Morgan fingerprint density at radius 2 is 1.84 bits per heavy atom. The third kappa shape index (κ3) is 5.11. The van der Waals surface area contributed by atoms with E-state index in [1.165, 1.54) is 30.7 Å². The van der Waals surface area contributed by atoms with Crippen LogP contribution in [0.5, 0.6) is 17.4 Å². The van der Waals surface area contributed by atoms with E-state index in [9.17, 15) is 17.2 Å². The monoisotopic (exact) mass is 542 g/mol. The van der Waals surface area contributed by atoms with Crippen molar-refractivity contribution in [1.82, 2.24) is 14.5 Å². The minimum absolute atomic E-state index is 0.173. The van der Waals surface area contributed by atoms with Crippen LogP contribution in [-0.4, -0.2) is 30.1 Å². The van der Waals surface area contributed by atoms with Gasteiger partial charge in [-0.15, -0.1) is 11.3 Å². The molecule has 3 aromatic heterocycles. The Bertz CT molecular complexity index is 1700. The molecule has 0 saturated carbocycles. The van der Waals surface area contributed by atoms with Crippen molar-refractivity contribution in [3.05, 3.63) is 83.6 Å². The molecule has 0 aliphatic carbocycles. The number of rotatable bonds is 8. The maximum Gasteiger partial charge on any atom is 0.238 e. The van der Waals surface area contributed by atoms with Crippen molar-refractivity contribution >= 4 is 37.4 Å². The Balaban J connectivity index is 1.62. The minimum atomic E-state index is -3.77. The number of nitrogens with one attached hydrogen (secondary N) is 1. The second-order valence-corrected chi connectivity index (χ2v) is 10.7. The zero-order valence-electron chi connectivity index (χ0n) is 19.6. The molecule has 0 atom stereocenters. The number of pyridine rings is 1. The molecule has 0 aliphatic heterocycles. The molecule has 0 radical (unpaired) electrons. The number of halogens is 2. The number of methoxy groups -OCH3 is 1. The van der Waals surface area contributed by atoms with Crippen LogP contribution < -0.4 is 14.2 Å². The van der Waals surface area contributed by atoms with E-state index in [0.717, 1.165) is 17.5 Å². The number of hydrogen-bond donors (Lipinski definition) is 1. The van der Waals surface area contributed by atoms with E-state index in [1.54, 1.807) is 35.8 Å². The number of nitrogens with zero attached hydrogens (tertiary/aromatic N) is 3. The van der Waals surface area contributed by atoms with Gasteiger partial charge >= 0.3 is 0 Å². The maximum atomic E-state index is 14.4. The second kappa shape index (κ2) is 9.79. The number of hydrogen-bond acceptors (Lipinski definition) is 7. The molecule has 2 aromatic carbocycles. The number of sulfonamides is 1. The minimum Gasteiger partial charge on any atom is -0.479 e. The van der Waals surface area contributed by atoms with Gasteiger partial charge in [0.2, 0.25) is 15.9 Å². The predicted molar refractivity (Wildman–Crippen MR) is 137 cm³/mol. The van der Waals surface area contributed by atoms with Gasteiger partial charge in [-0.2, -0.15) is 0 Å². The van der Waals surface area contributed by atoms with Gasteiger partial charge in [-0.3, -0.25) is 4.72 Å².